The fourth-order valence-corrected chi connectivity index (χ4v) is 5.45. The van der Waals surface area contributed by atoms with Gasteiger partial charge in [-0.2, -0.15) is 4.31 Å². The first-order chi connectivity index (χ1) is 13.2. The molecule has 3 rings (SSSR count). The quantitative estimate of drug-likeness (QED) is 0.777. The largest absolute Gasteiger partial charge is 0.497 e. The van der Waals surface area contributed by atoms with E-state index in [2.05, 4.69) is 10.5 Å². The zero-order valence-electron chi connectivity index (χ0n) is 16.5. The van der Waals surface area contributed by atoms with Crippen LogP contribution in [-0.4, -0.2) is 55.9 Å². The molecule has 0 radical (unpaired) electrons. The van der Waals surface area contributed by atoms with Gasteiger partial charge in [-0.25, -0.2) is 8.42 Å². The van der Waals surface area contributed by atoms with Gasteiger partial charge in [-0.05, 0) is 43.0 Å². The zero-order valence-corrected chi connectivity index (χ0v) is 17.3. The van der Waals surface area contributed by atoms with E-state index in [9.17, 15) is 13.2 Å². The minimum Gasteiger partial charge on any atom is -0.497 e. The molecule has 1 amide bonds. The summed E-state index contributed by atoms with van der Waals surface area (Å²) in [7, 11) is -1.77. The molecule has 1 spiro atoms. The Balaban J connectivity index is 1.63. The van der Waals surface area contributed by atoms with Crippen molar-refractivity contribution in [3.8, 4) is 5.75 Å². The number of methoxy groups -OCH3 is 1. The Hall–Kier alpha value is -2.13. The Morgan fingerprint density at radius 1 is 1.36 bits per heavy atom. The number of nitrogens with one attached hydrogen (secondary N) is 1. The number of nitrogens with zero attached hydrogens (tertiary/aromatic N) is 2. The predicted molar refractivity (Wildman–Crippen MR) is 107 cm³/mol. The van der Waals surface area contributed by atoms with Gasteiger partial charge in [0.15, 0.2) is 5.60 Å². The second-order valence-corrected chi connectivity index (χ2v) is 9.79. The second kappa shape index (κ2) is 8.08. The van der Waals surface area contributed by atoms with E-state index < -0.39 is 15.6 Å². The van der Waals surface area contributed by atoms with E-state index in [1.54, 1.807) is 31.4 Å². The van der Waals surface area contributed by atoms with Crippen LogP contribution in [0, 0.1) is 5.92 Å². The van der Waals surface area contributed by atoms with Gasteiger partial charge in [0.05, 0.1) is 19.4 Å². The Labute approximate surface area is 165 Å². The third-order valence-electron chi connectivity index (χ3n) is 4.89. The van der Waals surface area contributed by atoms with Crippen LogP contribution in [0.15, 0.2) is 29.4 Å². The molecule has 0 aliphatic carbocycles. The van der Waals surface area contributed by atoms with Gasteiger partial charge in [-0.3, -0.25) is 4.79 Å². The van der Waals surface area contributed by atoms with Crippen molar-refractivity contribution in [3.63, 3.8) is 0 Å². The van der Waals surface area contributed by atoms with Crippen LogP contribution in [0.1, 0.15) is 33.1 Å². The highest BCUT2D eigenvalue weighted by molar-refractivity contribution is 7.89. The Kier molecular flexibility index (Phi) is 5.95. The summed E-state index contributed by atoms with van der Waals surface area (Å²) < 4.78 is 31.8. The van der Waals surface area contributed by atoms with Gasteiger partial charge in [0, 0.05) is 18.7 Å². The van der Waals surface area contributed by atoms with Crippen LogP contribution in [0.2, 0.25) is 0 Å². The molecule has 2 aliphatic heterocycles. The molecule has 8 nitrogen and oxygen atoms in total. The second-order valence-electron chi connectivity index (χ2n) is 7.78. The lowest BCUT2D eigenvalue weighted by molar-refractivity contribution is -0.110. The number of piperidine rings is 1. The summed E-state index contributed by atoms with van der Waals surface area (Å²) in [5, 5.41) is 6.77. The first-order valence-corrected chi connectivity index (χ1v) is 11.0. The van der Waals surface area contributed by atoms with E-state index in [1.165, 1.54) is 4.31 Å². The SMILES string of the molecule is COc1ccc(NC(=O)C2=NOC3(CCCN(S(=O)(=O)CC(C)C)C3)C2)cc1. The van der Waals surface area contributed by atoms with E-state index in [4.69, 9.17) is 9.57 Å². The normalized spacial score (nSPS) is 22.8. The predicted octanol–water partition coefficient (Wildman–Crippen LogP) is 2.23. The van der Waals surface area contributed by atoms with Gasteiger partial charge < -0.3 is 14.9 Å². The fourth-order valence-electron chi connectivity index (χ4n) is 3.56. The molecule has 1 atom stereocenters. The van der Waals surface area contributed by atoms with Crippen molar-refractivity contribution in [2.45, 2.75) is 38.7 Å². The number of hydrogen-bond donors (Lipinski definition) is 1. The van der Waals surface area contributed by atoms with E-state index in [0.717, 1.165) is 0 Å². The third-order valence-corrected chi connectivity index (χ3v) is 7.08. The van der Waals surface area contributed by atoms with E-state index in [1.807, 2.05) is 13.8 Å². The number of rotatable bonds is 6. The average Bonchev–Trinajstić information content (AvgIpc) is 3.05. The van der Waals surface area contributed by atoms with Gasteiger partial charge in [0.2, 0.25) is 10.0 Å². The van der Waals surface area contributed by atoms with Gasteiger partial charge in [-0.15, -0.1) is 0 Å². The van der Waals surface area contributed by atoms with Crippen LogP contribution in [0.25, 0.3) is 0 Å². The number of carbonyl (C=O) groups excluding carboxylic acids is 1. The summed E-state index contributed by atoms with van der Waals surface area (Å²) in [6.07, 6.45) is 1.65. The van der Waals surface area contributed by atoms with Crippen molar-refractivity contribution >= 4 is 27.3 Å². The molecule has 28 heavy (non-hydrogen) atoms. The van der Waals surface area contributed by atoms with E-state index in [0.29, 0.717) is 37.2 Å². The Bertz CT molecular complexity index is 851. The summed E-state index contributed by atoms with van der Waals surface area (Å²) >= 11 is 0. The van der Waals surface area contributed by atoms with Gasteiger partial charge in [0.1, 0.15) is 11.5 Å². The molecule has 2 heterocycles. The molecule has 1 N–H and O–H groups in total. The lowest BCUT2D eigenvalue weighted by Crippen LogP contribution is -2.51. The average molecular weight is 410 g/mol. The summed E-state index contributed by atoms with van der Waals surface area (Å²) in [6.45, 7) is 4.47. The maximum Gasteiger partial charge on any atom is 0.273 e. The lowest BCUT2D eigenvalue weighted by atomic mass is 9.89. The lowest BCUT2D eigenvalue weighted by Gasteiger charge is -2.37. The zero-order chi connectivity index (χ0) is 20.4. The smallest absolute Gasteiger partial charge is 0.273 e. The standard InChI is InChI=1S/C19H27N3O5S/c1-14(2)12-28(24,25)22-10-4-9-19(13-22)11-17(21-27-19)18(23)20-15-5-7-16(26-3)8-6-15/h5-8,14H,4,9-13H2,1-3H3,(H,20,23). The molecule has 1 aromatic rings. The number of hydrogen-bond acceptors (Lipinski definition) is 6. The molecule has 0 saturated carbocycles. The minimum atomic E-state index is -3.35. The molecule has 1 aromatic carbocycles. The molecule has 9 heteroatoms. The van der Waals surface area contributed by atoms with Gasteiger partial charge in [0.25, 0.3) is 5.91 Å². The summed E-state index contributed by atoms with van der Waals surface area (Å²) in [5.74, 6) is 0.511. The Morgan fingerprint density at radius 3 is 2.71 bits per heavy atom. The van der Waals surface area contributed by atoms with Crippen molar-refractivity contribution in [1.82, 2.24) is 4.31 Å². The fraction of sp³-hybridized carbons (Fsp3) is 0.579. The number of benzene rings is 1. The van der Waals surface area contributed by atoms with Crippen molar-refractivity contribution in [3.05, 3.63) is 24.3 Å². The first-order valence-electron chi connectivity index (χ1n) is 9.41. The number of sulfonamides is 1. The maximum absolute atomic E-state index is 12.6. The van der Waals surface area contributed by atoms with Crippen molar-refractivity contribution in [1.29, 1.82) is 0 Å². The van der Waals surface area contributed by atoms with Crippen LogP contribution >= 0.6 is 0 Å². The minimum absolute atomic E-state index is 0.0504. The number of amides is 1. The number of oxime groups is 1. The number of anilines is 1. The summed E-state index contributed by atoms with van der Waals surface area (Å²) in [4.78, 5) is 18.2. The van der Waals surface area contributed by atoms with Crippen LogP contribution < -0.4 is 10.1 Å². The third kappa shape index (κ3) is 4.64. The molecule has 154 valence electrons. The van der Waals surface area contributed by atoms with Crippen LogP contribution in [0.4, 0.5) is 5.69 Å². The molecule has 1 saturated heterocycles. The summed E-state index contributed by atoms with van der Waals surface area (Å²) in [6, 6.07) is 6.98. The Morgan fingerprint density at radius 2 is 2.07 bits per heavy atom. The first kappa shape index (κ1) is 20.6. The van der Waals surface area contributed by atoms with Crippen molar-refractivity contribution < 1.29 is 22.8 Å². The van der Waals surface area contributed by atoms with E-state index >= 15 is 0 Å². The van der Waals surface area contributed by atoms with Gasteiger partial charge in [-0.1, -0.05) is 19.0 Å². The molecule has 1 fully saturated rings. The van der Waals surface area contributed by atoms with Gasteiger partial charge >= 0.3 is 0 Å². The van der Waals surface area contributed by atoms with Crippen LogP contribution in [0.3, 0.4) is 0 Å². The topological polar surface area (TPSA) is 97.3 Å². The maximum atomic E-state index is 12.6. The highest BCUT2D eigenvalue weighted by atomic mass is 32.2. The highest BCUT2D eigenvalue weighted by Gasteiger charge is 2.47. The summed E-state index contributed by atoms with van der Waals surface area (Å²) in [5.41, 5.74) is 0.146. The monoisotopic (exact) mass is 409 g/mol. The molecular weight excluding hydrogens is 382 g/mol. The molecule has 0 bridgehead atoms. The van der Waals surface area contributed by atoms with Crippen LogP contribution in [-0.2, 0) is 19.7 Å². The van der Waals surface area contributed by atoms with Crippen molar-refractivity contribution in [2.75, 3.05) is 31.3 Å². The highest BCUT2D eigenvalue weighted by Crippen LogP contribution is 2.35. The molecule has 0 aromatic heterocycles. The molecular formula is C19H27N3O5S. The van der Waals surface area contributed by atoms with Crippen LogP contribution in [0.5, 0.6) is 5.75 Å². The molecule has 1 unspecified atom stereocenters. The molecule has 2 aliphatic rings. The van der Waals surface area contributed by atoms with Crippen molar-refractivity contribution in [2.24, 2.45) is 11.1 Å². The van der Waals surface area contributed by atoms with E-state index in [-0.39, 0.29) is 29.8 Å². The number of ether oxygens (including phenoxy) is 1. The number of carbonyl (C=O) groups is 1.